The molecule has 1 saturated heterocycles. The van der Waals surface area contributed by atoms with E-state index in [9.17, 15) is 0 Å². The summed E-state index contributed by atoms with van der Waals surface area (Å²) in [5.41, 5.74) is 0.868. The van der Waals surface area contributed by atoms with Gasteiger partial charge in [-0.3, -0.25) is 4.40 Å². The molecule has 1 aliphatic heterocycles. The molecule has 1 fully saturated rings. The molecule has 0 amide bonds. The average Bonchev–Trinajstić information content (AvgIpc) is 3.27. The molecule has 6 heteroatoms. The van der Waals surface area contributed by atoms with Gasteiger partial charge in [-0.1, -0.05) is 32.8 Å². The summed E-state index contributed by atoms with van der Waals surface area (Å²) in [4.78, 5) is 7.25. The Hall–Kier alpha value is -2.11. The Labute approximate surface area is 150 Å². The number of fused-ring (bicyclic) bond motifs is 1. The summed E-state index contributed by atoms with van der Waals surface area (Å²) in [6.45, 7) is 10.4. The van der Waals surface area contributed by atoms with Gasteiger partial charge in [0.1, 0.15) is 6.54 Å². The highest BCUT2D eigenvalue weighted by Crippen LogP contribution is 2.28. The van der Waals surface area contributed by atoms with E-state index < -0.39 is 0 Å². The van der Waals surface area contributed by atoms with Crippen molar-refractivity contribution < 1.29 is 0 Å². The van der Waals surface area contributed by atoms with Gasteiger partial charge in [-0.15, -0.1) is 10.2 Å². The van der Waals surface area contributed by atoms with E-state index in [1.54, 1.807) is 0 Å². The first-order valence-corrected chi connectivity index (χ1v) is 9.58. The first-order valence-electron chi connectivity index (χ1n) is 9.58. The summed E-state index contributed by atoms with van der Waals surface area (Å²) in [5, 5.41) is 11.9. The van der Waals surface area contributed by atoms with Gasteiger partial charge in [-0.05, 0) is 37.3 Å². The lowest BCUT2D eigenvalue weighted by Gasteiger charge is -2.24. The summed E-state index contributed by atoms with van der Waals surface area (Å²) in [6, 6.07) is 5.94. The van der Waals surface area contributed by atoms with Crippen molar-refractivity contribution in [1.82, 2.24) is 24.8 Å². The second-order valence-electron chi connectivity index (χ2n) is 6.79. The fourth-order valence-electron chi connectivity index (χ4n) is 3.89. The van der Waals surface area contributed by atoms with Gasteiger partial charge in [0.15, 0.2) is 17.4 Å². The van der Waals surface area contributed by atoms with Crippen molar-refractivity contribution in [1.29, 1.82) is 0 Å². The van der Waals surface area contributed by atoms with Crippen LogP contribution in [0.15, 0.2) is 29.4 Å². The maximum Gasteiger partial charge on any atom is 0.194 e. The normalized spacial score (nSPS) is 18.5. The highest BCUT2D eigenvalue weighted by molar-refractivity contribution is 5.80. The number of likely N-dealkylation sites (tertiary alicyclic amines) is 1. The maximum atomic E-state index is 4.84. The lowest BCUT2D eigenvalue weighted by Crippen LogP contribution is -2.40. The van der Waals surface area contributed by atoms with Crippen LogP contribution in [0.3, 0.4) is 0 Å². The van der Waals surface area contributed by atoms with E-state index in [4.69, 9.17) is 4.99 Å². The van der Waals surface area contributed by atoms with Crippen molar-refractivity contribution in [2.45, 2.75) is 46.6 Å². The predicted octanol–water partition coefficient (Wildman–Crippen LogP) is 2.95. The van der Waals surface area contributed by atoms with E-state index in [2.05, 4.69) is 41.2 Å². The monoisotopic (exact) mass is 342 g/mol. The van der Waals surface area contributed by atoms with Crippen molar-refractivity contribution in [2.24, 2.45) is 16.8 Å². The van der Waals surface area contributed by atoms with Crippen molar-refractivity contribution in [3.8, 4) is 0 Å². The fraction of sp³-hybridized carbons (Fsp3) is 0.632. The average molecular weight is 342 g/mol. The SMILES string of the molecule is CCNC(=NCc1nnc2ccccn12)N1CCC(C(CC)CC)C1. The first-order chi connectivity index (χ1) is 12.3. The van der Waals surface area contributed by atoms with Crippen LogP contribution in [-0.2, 0) is 6.54 Å². The third-order valence-electron chi connectivity index (χ3n) is 5.33. The quantitative estimate of drug-likeness (QED) is 0.648. The molecule has 3 rings (SSSR count). The smallest absolute Gasteiger partial charge is 0.194 e. The Morgan fingerprint density at radius 1 is 1.28 bits per heavy atom. The molecule has 0 saturated carbocycles. The maximum absolute atomic E-state index is 4.84. The number of hydrogen-bond acceptors (Lipinski definition) is 3. The lowest BCUT2D eigenvalue weighted by molar-refractivity contribution is 0.319. The van der Waals surface area contributed by atoms with Crippen LogP contribution in [-0.4, -0.2) is 45.1 Å². The predicted molar refractivity (Wildman–Crippen MR) is 102 cm³/mol. The Morgan fingerprint density at radius 2 is 2.12 bits per heavy atom. The van der Waals surface area contributed by atoms with E-state index in [0.29, 0.717) is 6.54 Å². The number of rotatable bonds is 6. The van der Waals surface area contributed by atoms with Gasteiger partial charge in [0, 0.05) is 25.8 Å². The summed E-state index contributed by atoms with van der Waals surface area (Å²) >= 11 is 0. The van der Waals surface area contributed by atoms with Gasteiger partial charge in [0.25, 0.3) is 0 Å². The second kappa shape index (κ2) is 8.32. The van der Waals surface area contributed by atoms with Gasteiger partial charge in [0.05, 0.1) is 0 Å². The molecule has 1 aliphatic rings. The molecule has 1 unspecified atom stereocenters. The number of hydrogen-bond donors (Lipinski definition) is 1. The molecule has 25 heavy (non-hydrogen) atoms. The summed E-state index contributed by atoms with van der Waals surface area (Å²) in [7, 11) is 0. The fourth-order valence-corrected chi connectivity index (χ4v) is 3.89. The molecule has 0 aromatic carbocycles. The number of aliphatic imine (C=N–C) groups is 1. The number of nitrogens with zero attached hydrogens (tertiary/aromatic N) is 5. The van der Waals surface area contributed by atoms with E-state index in [1.807, 2.05) is 28.8 Å². The molecule has 0 spiro atoms. The largest absolute Gasteiger partial charge is 0.357 e. The minimum Gasteiger partial charge on any atom is -0.357 e. The summed E-state index contributed by atoms with van der Waals surface area (Å²) in [6.07, 6.45) is 5.81. The Morgan fingerprint density at radius 3 is 2.88 bits per heavy atom. The van der Waals surface area contributed by atoms with Crippen molar-refractivity contribution in [3.63, 3.8) is 0 Å². The zero-order chi connectivity index (χ0) is 17.6. The molecule has 0 aliphatic carbocycles. The van der Waals surface area contributed by atoms with Crippen LogP contribution in [0.25, 0.3) is 5.65 Å². The van der Waals surface area contributed by atoms with Crippen molar-refractivity contribution in [2.75, 3.05) is 19.6 Å². The van der Waals surface area contributed by atoms with Gasteiger partial charge in [0.2, 0.25) is 0 Å². The van der Waals surface area contributed by atoms with Crippen LogP contribution in [0.2, 0.25) is 0 Å². The molecule has 2 aromatic heterocycles. The first kappa shape index (κ1) is 17.7. The van der Waals surface area contributed by atoms with Crippen LogP contribution in [0.5, 0.6) is 0 Å². The van der Waals surface area contributed by atoms with E-state index in [0.717, 1.165) is 48.9 Å². The second-order valence-corrected chi connectivity index (χ2v) is 6.79. The molecular formula is C19H30N6. The topological polar surface area (TPSA) is 57.8 Å². The molecule has 3 heterocycles. The van der Waals surface area contributed by atoms with Gasteiger partial charge < -0.3 is 10.2 Å². The minimum absolute atomic E-state index is 0.541. The number of aromatic nitrogens is 3. The summed E-state index contributed by atoms with van der Waals surface area (Å²) < 4.78 is 2.00. The van der Waals surface area contributed by atoms with Crippen LogP contribution < -0.4 is 5.32 Å². The Kier molecular flexibility index (Phi) is 5.89. The van der Waals surface area contributed by atoms with E-state index >= 15 is 0 Å². The van der Waals surface area contributed by atoms with Crippen molar-refractivity contribution in [3.05, 3.63) is 30.2 Å². The molecule has 0 radical (unpaired) electrons. The molecule has 1 N–H and O–H groups in total. The highest BCUT2D eigenvalue weighted by Gasteiger charge is 2.29. The summed E-state index contributed by atoms with van der Waals surface area (Å²) in [5.74, 6) is 3.49. The van der Waals surface area contributed by atoms with Gasteiger partial charge >= 0.3 is 0 Å². The third-order valence-corrected chi connectivity index (χ3v) is 5.33. The molecular weight excluding hydrogens is 312 g/mol. The Balaban J connectivity index is 1.71. The molecule has 136 valence electrons. The van der Waals surface area contributed by atoms with E-state index in [-0.39, 0.29) is 0 Å². The van der Waals surface area contributed by atoms with Crippen molar-refractivity contribution >= 4 is 11.6 Å². The molecule has 2 aromatic rings. The standard InChI is InChI=1S/C19H30N6/c1-4-15(5-2)16-10-12-24(14-16)19(20-6-3)21-13-18-23-22-17-9-7-8-11-25(17)18/h7-9,11,15-16H,4-6,10,12-14H2,1-3H3,(H,20,21). The molecule has 1 atom stereocenters. The molecule has 6 nitrogen and oxygen atoms in total. The zero-order valence-corrected chi connectivity index (χ0v) is 15.6. The minimum atomic E-state index is 0.541. The van der Waals surface area contributed by atoms with Gasteiger partial charge in [-0.25, -0.2) is 4.99 Å². The third kappa shape index (κ3) is 3.94. The number of nitrogens with one attached hydrogen (secondary N) is 1. The van der Waals surface area contributed by atoms with Crippen LogP contribution in [0, 0.1) is 11.8 Å². The zero-order valence-electron chi connectivity index (χ0n) is 15.6. The van der Waals surface area contributed by atoms with Crippen LogP contribution >= 0.6 is 0 Å². The number of pyridine rings is 1. The Bertz CT molecular complexity index is 703. The van der Waals surface area contributed by atoms with E-state index in [1.165, 1.54) is 19.3 Å². The van der Waals surface area contributed by atoms with Crippen LogP contribution in [0.1, 0.15) is 45.9 Å². The molecule has 0 bridgehead atoms. The highest BCUT2D eigenvalue weighted by atomic mass is 15.3. The number of guanidine groups is 1. The van der Waals surface area contributed by atoms with Gasteiger partial charge in [-0.2, -0.15) is 0 Å². The lowest BCUT2D eigenvalue weighted by atomic mass is 9.87. The van der Waals surface area contributed by atoms with Crippen LogP contribution in [0.4, 0.5) is 0 Å².